The van der Waals surface area contributed by atoms with Crippen LogP contribution in [0.4, 0.5) is 0 Å². The van der Waals surface area contributed by atoms with Crippen molar-refractivity contribution in [2.45, 2.75) is 251 Å². The molecule has 0 heterocycles. The first-order valence-corrected chi connectivity index (χ1v) is 25.7. The molecule has 0 aromatic heterocycles. The summed E-state index contributed by atoms with van der Waals surface area (Å²) in [5.74, 6) is -0.196. The molecular weight excluding hydrogens is 727 g/mol. The molecule has 0 fully saturated rings. The second-order valence-electron chi connectivity index (χ2n) is 19.2. The zero-order valence-corrected chi connectivity index (χ0v) is 40.5. The van der Waals surface area contributed by atoms with Crippen LogP contribution in [0.2, 0.25) is 0 Å². The molecule has 0 saturated carbocycles. The Bertz CT molecular complexity index is 939. The van der Waals surface area contributed by atoms with Crippen LogP contribution in [0.15, 0.2) is 37.0 Å². The van der Waals surface area contributed by atoms with Crippen molar-refractivity contribution >= 4 is 11.9 Å². The monoisotopic (exact) mass is 829 g/mol. The van der Waals surface area contributed by atoms with Crippen molar-refractivity contribution in [3.8, 4) is 0 Å². The molecule has 0 radical (unpaired) electrons. The van der Waals surface area contributed by atoms with Crippen molar-refractivity contribution in [1.82, 2.24) is 0 Å². The van der Waals surface area contributed by atoms with E-state index in [1.807, 2.05) is 6.08 Å². The smallest absolute Gasteiger partial charge is 0.305 e. The highest BCUT2D eigenvalue weighted by molar-refractivity contribution is 5.69. The van der Waals surface area contributed by atoms with Gasteiger partial charge in [0.2, 0.25) is 0 Å². The third kappa shape index (κ3) is 42.6. The van der Waals surface area contributed by atoms with Crippen LogP contribution in [0.25, 0.3) is 0 Å². The Morgan fingerprint density at radius 1 is 0.441 bits per heavy atom. The zero-order chi connectivity index (χ0) is 43.4. The Hall–Kier alpha value is -1.88. The number of carbonyl (C=O) groups excluding carboxylic acids is 2. The first-order valence-electron chi connectivity index (χ1n) is 25.7. The molecule has 0 aliphatic rings. The molecule has 0 N–H and O–H groups in total. The van der Waals surface area contributed by atoms with Gasteiger partial charge in [-0.1, -0.05) is 179 Å². The standard InChI is InChI=1S/C54H102NO4/c1-7-10-13-16-19-22-24-26-28-30-32-34-36-39-42-45-52(56)58-50-54(48-49-55(4,5)6,47-44-41-38-21-18-15-12-9-3)51-59-53(57)46-43-40-37-35-33-31-29-27-25-23-20-17-14-11-8-2/h9,26-29H,3,7-8,10-25,30-51H2,1-2,4-6H3/q+1/b28-26-,29-27-. The molecule has 0 spiro atoms. The van der Waals surface area contributed by atoms with Crippen LogP contribution in [0.3, 0.4) is 0 Å². The highest BCUT2D eigenvalue weighted by Gasteiger charge is 2.35. The molecule has 0 bridgehead atoms. The van der Waals surface area contributed by atoms with Gasteiger partial charge in [-0.05, 0) is 83.5 Å². The lowest BCUT2D eigenvalue weighted by Crippen LogP contribution is -2.42. The second kappa shape index (κ2) is 42.8. The van der Waals surface area contributed by atoms with E-state index < -0.39 is 0 Å². The second-order valence-corrected chi connectivity index (χ2v) is 19.2. The fourth-order valence-electron chi connectivity index (χ4n) is 7.82. The van der Waals surface area contributed by atoms with Gasteiger partial charge in [0.25, 0.3) is 0 Å². The normalized spacial score (nSPS) is 12.2. The van der Waals surface area contributed by atoms with Gasteiger partial charge in [0, 0.05) is 24.7 Å². The van der Waals surface area contributed by atoms with Gasteiger partial charge in [-0.3, -0.25) is 9.59 Å². The number of nitrogens with zero attached hydrogens (tertiary/aromatic N) is 1. The minimum atomic E-state index is -0.342. The fraction of sp³-hybridized carbons (Fsp3) is 0.852. The number of rotatable bonds is 46. The first kappa shape index (κ1) is 57.1. The van der Waals surface area contributed by atoms with E-state index in [0.717, 1.165) is 68.8 Å². The molecular formula is C54H102NO4+. The van der Waals surface area contributed by atoms with E-state index in [2.05, 4.69) is 65.9 Å². The molecule has 5 nitrogen and oxygen atoms in total. The Morgan fingerprint density at radius 3 is 1.12 bits per heavy atom. The summed E-state index contributed by atoms with van der Waals surface area (Å²) in [4.78, 5) is 26.2. The van der Waals surface area contributed by atoms with E-state index in [1.54, 1.807) is 0 Å². The maximum atomic E-state index is 13.1. The highest BCUT2D eigenvalue weighted by atomic mass is 16.5. The Balaban J connectivity index is 4.78. The van der Waals surface area contributed by atoms with Gasteiger partial charge in [0.15, 0.2) is 0 Å². The van der Waals surface area contributed by atoms with Gasteiger partial charge in [-0.15, -0.1) is 6.58 Å². The lowest BCUT2D eigenvalue weighted by molar-refractivity contribution is -0.871. The topological polar surface area (TPSA) is 52.6 Å². The number of esters is 2. The van der Waals surface area contributed by atoms with E-state index in [0.29, 0.717) is 26.1 Å². The SMILES string of the molecule is C=CCCCCCCCCC(CC[N+](C)(C)C)(COC(=O)CCCCCCC/C=C\CCCCCCCC)COC(=O)CCCCCCC/C=C\CCCCCCCC. The average molecular weight is 829 g/mol. The van der Waals surface area contributed by atoms with Crippen molar-refractivity contribution in [2.24, 2.45) is 5.41 Å². The lowest BCUT2D eigenvalue weighted by atomic mass is 9.80. The number of hydrogen-bond acceptors (Lipinski definition) is 4. The van der Waals surface area contributed by atoms with Crippen LogP contribution in [0.1, 0.15) is 251 Å². The molecule has 0 saturated heterocycles. The van der Waals surface area contributed by atoms with Gasteiger partial charge in [-0.25, -0.2) is 0 Å². The van der Waals surface area contributed by atoms with Crippen molar-refractivity contribution in [2.75, 3.05) is 40.9 Å². The first-order chi connectivity index (χ1) is 28.7. The van der Waals surface area contributed by atoms with Gasteiger partial charge in [-0.2, -0.15) is 0 Å². The van der Waals surface area contributed by atoms with Crippen molar-refractivity contribution in [1.29, 1.82) is 0 Å². The Morgan fingerprint density at radius 2 is 0.763 bits per heavy atom. The third-order valence-electron chi connectivity index (χ3n) is 12.0. The quantitative estimate of drug-likeness (QED) is 0.0265. The van der Waals surface area contributed by atoms with Crippen molar-refractivity contribution in [3.63, 3.8) is 0 Å². The Labute approximate surface area is 369 Å². The molecule has 346 valence electrons. The Kier molecular flexibility index (Phi) is 41.4. The van der Waals surface area contributed by atoms with Crippen LogP contribution in [-0.4, -0.2) is 57.3 Å². The van der Waals surface area contributed by atoms with Crippen LogP contribution >= 0.6 is 0 Å². The number of allylic oxidation sites excluding steroid dienone is 5. The largest absolute Gasteiger partial charge is 0.465 e. The maximum absolute atomic E-state index is 13.1. The number of quaternary nitrogens is 1. The summed E-state index contributed by atoms with van der Waals surface area (Å²) in [5, 5.41) is 0. The number of hydrogen-bond donors (Lipinski definition) is 0. The van der Waals surface area contributed by atoms with Gasteiger partial charge in [0.1, 0.15) is 13.2 Å². The van der Waals surface area contributed by atoms with Gasteiger partial charge >= 0.3 is 11.9 Å². The molecule has 0 unspecified atom stereocenters. The third-order valence-corrected chi connectivity index (χ3v) is 12.0. The molecule has 59 heavy (non-hydrogen) atoms. The fourth-order valence-corrected chi connectivity index (χ4v) is 7.82. The maximum Gasteiger partial charge on any atom is 0.305 e. The van der Waals surface area contributed by atoms with Crippen LogP contribution in [-0.2, 0) is 19.1 Å². The molecule has 0 aromatic carbocycles. The molecule has 0 aliphatic heterocycles. The molecule has 5 heteroatoms. The van der Waals surface area contributed by atoms with Crippen LogP contribution in [0, 0.1) is 5.41 Å². The van der Waals surface area contributed by atoms with E-state index >= 15 is 0 Å². The predicted molar refractivity (Wildman–Crippen MR) is 258 cm³/mol. The van der Waals surface area contributed by atoms with Crippen molar-refractivity contribution in [3.05, 3.63) is 37.0 Å². The van der Waals surface area contributed by atoms with Crippen molar-refractivity contribution < 1.29 is 23.5 Å². The minimum Gasteiger partial charge on any atom is -0.465 e. The van der Waals surface area contributed by atoms with E-state index in [9.17, 15) is 9.59 Å². The van der Waals surface area contributed by atoms with E-state index in [-0.39, 0.29) is 17.4 Å². The summed E-state index contributed by atoms with van der Waals surface area (Å²) in [6, 6.07) is 0. The van der Waals surface area contributed by atoms with Gasteiger partial charge in [0.05, 0.1) is 27.7 Å². The minimum absolute atomic E-state index is 0.0981. The van der Waals surface area contributed by atoms with E-state index in [4.69, 9.17) is 9.47 Å². The summed E-state index contributed by atoms with van der Waals surface area (Å²) >= 11 is 0. The van der Waals surface area contributed by atoms with Crippen LogP contribution in [0.5, 0.6) is 0 Å². The molecule has 0 aliphatic carbocycles. The number of carbonyl (C=O) groups is 2. The predicted octanol–water partition coefficient (Wildman–Crippen LogP) is 16.5. The summed E-state index contributed by atoms with van der Waals surface area (Å²) in [6.45, 7) is 10.0. The zero-order valence-electron chi connectivity index (χ0n) is 40.5. The molecule has 0 aromatic rings. The molecule has 0 rings (SSSR count). The van der Waals surface area contributed by atoms with Crippen LogP contribution < -0.4 is 0 Å². The van der Waals surface area contributed by atoms with E-state index in [1.165, 1.54) is 167 Å². The highest BCUT2D eigenvalue weighted by Crippen LogP contribution is 2.32. The molecule has 0 atom stereocenters. The average Bonchev–Trinajstić information content (AvgIpc) is 3.21. The number of unbranched alkanes of at least 4 members (excludes halogenated alkanes) is 28. The summed E-state index contributed by atoms with van der Waals surface area (Å²) in [6.07, 6.45) is 54.8. The van der Waals surface area contributed by atoms with Gasteiger partial charge < -0.3 is 14.0 Å². The summed E-state index contributed by atoms with van der Waals surface area (Å²) < 4.78 is 13.0. The summed E-state index contributed by atoms with van der Waals surface area (Å²) in [5.41, 5.74) is -0.342. The molecule has 0 amide bonds. The summed E-state index contributed by atoms with van der Waals surface area (Å²) in [7, 11) is 6.64. The lowest BCUT2D eigenvalue weighted by Gasteiger charge is -2.36. The number of ether oxygens (including phenoxy) is 2.